The van der Waals surface area contributed by atoms with Crippen LogP contribution in [-0.2, 0) is 0 Å². The van der Waals surface area contributed by atoms with Gasteiger partial charge in [0.2, 0.25) is 0 Å². The molecule has 5 heteroatoms. The summed E-state index contributed by atoms with van der Waals surface area (Å²) in [5.41, 5.74) is 0.948. The van der Waals surface area contributed by atoms with Gasteiger partial charge in [0.25, 0.3) is 0 Å². The van der Waals surface area contributed by atoms with Gasteiger partial charge in [0.1, 0.15) is 5.82 Å². The van der Waals surface area contributed by atoms with Crippen LogP contribution in [0, 0.1) is 9.39 Å². The van der Waals surface area contributed by atoms with Crippen LogP contribution in [0.25, 0.3) is 11.1 Å². The van der Waals surface area contributed by atoms with Crippen molar-refractivity contribution in [1.29, 1.82) is 0 Å². The van der Waals surface area contributed by atoms with E-state index in [-0.39, 0.29) is 5.82 Å². The summed E-state index contributed by atoms with van der Waals surface area (Å²) in [6, 6.07) is 7.99. The van der Waals surface area contributed by atoms with Gasteiger partial charge >= 0.3 is 0 Å². The molecular weight excluding hydrogens is 396 g/mol. The van der Waals surface area contributed by atoms with Gasteiger partial charge in [-0.3, -0.25) is 0 Å². The maximum absolute atomic E-state index is 13.8. The highest BCUT2D eigenvalue weighted by atomic mass is 127. The molecule has 2 aromatic carbocycles. The number of benzene rings is 2. The molecule has 0 atom stereocenters. The molecule has 0 radical (unpaired) electrons. The summed E-state index contributed by atoms with van der Waals surface area (Å²) in [4.78, 5) is 0. The summed E-state index contributed by atoms with van der Waals surface area (Å²) in [6.45, 7) is 0. The zero-order valence-corrected chi connectivity index (χ0v) is 12.7. The Morgan fingerprint density at radius 2 is 1.47 bits per heavy atom. The zero-order chi connectivity index (χ0) is 12.6. The lowest BCUT2D eigenvalue weighted by Crippen LogP contribution is -1.87. The van der Waals surface area contributed by atoms with Crippen LogP contribution in [0.2, 0.25) is 15.1 Å². The highest BCUT2D eigenvalue weighted by molar-refractivity contribution is 14.1. The van der Waals surface area contributed by atoms with Gasteiger partial charge in [-0.05, 0) is 46.9 Å². The second-order valence-electron chi connectivity index (χ2n) is 3.37. The molecule has 0 nitrogen and oxygen atoms in total. The Labute approximate surface area is 127 Å². The van der Waals surface area contributed by atoms with E-state index in [2.05, 4.69) is 0 Å². The number of halogens is 5. The van der Waals surface area contributed by atoms with Crippen molar-refractivity contribution in [2.24, 2.45) is 0 Å². The first-order chi connectivity index (χ1) is 7.99. The maximum Gasteiger partial charge on any atom is 0.132 e. The predicted molar refractivity (Wildman–Crippen MR) is 79.6 cm³/mol. The summed E-state index contributed by atoms with van der Waals surface area (Å²) in [5.74, 6) is -0.336. The summed E-state index contributed by atoms with van der Waals surface area (Å²) >= 11 is 19.8. The van der Waals surface area contributed by atoms with E-state index in [1.54, 1.807) is 18.2 Å². The standard InChI is InChI=1S/C12H5Cl3FI/c13-9-5-11(15)10(14)4-8(9)7-2-1-6(17)3-12(7)16/h1-5H. The highest BCUT2D eigenvalue weighted by Gasteiger charge is 2.12. The molecule has 0 saturated heterocycles. The van der Waals surface area contributed by atoms with Crippen molar-refractivity contribution in [3.8, 4) is 11.1 Å². The van der Waals surface area contributed by atoms with Crippen molar-refractivity contribution in [2.75, 3.05) is 0 Å². The first-order valence-electron chi connectivity index (χ1n) is 4.59. The van der Waals surface area contributed by atoms with Crippen LogP contribution in [0.5, 0.6) is 0 Å². The molecule has 0 heterocycles. The van der Waals surface area contributed by atoms with Crippen LogP contribution in [-0.4, -0.2) is 0 Å². The molecule has 0 fully saturated rings. The average molecular weight is 401 g/mol. The van der Waals surface area contributed by atoms with Crippen molar-refractivity contribution in [2.45, 2.75) is 0 Å². The van der Waals surface area contributed by atoms with Crippen molar-refractivity contribution in [3.05, 3.63) is 54.8 Å². The van der Waals surface area contributed by atoms with Crippen molar-refractivity contribution >= 4 is 57.4 Å². The third-order valence-corrected chi connectivity index (χ3v) is 3.94. The molecule has 17 heavy (non-hydrogen) atoms. The van der Waals surface area contributed by atoms with Gasteiger partial charge in [-0.25, -0.2) is 4.39 Å². The van der Waals surface area contributed by atoms with E-state index in [1.165, 1.54) is 12.1 Å². The average Bonchev–Trinajstić information content (AvgIpc) is 2.24. The molecule has 0 N–H and O–H groups in total. The first kappa shape index (κ1) is 13.4. The Kier molecular flexibility index (Phi) is 4.18. The molecular formula is C12H5Cl3FI. The molecule has 0 unspecified atom stereocenters. The van der Waals surface area contributed by atoms with Crippen molar-refractivity contribution in [1.82, 2.24) is 0 Å². The lowest BCUT2D eigenvalue weighted by Gasteiger charge is -2.08. The van der Waals surface area contributed by atoms with Crippen LogP contribution in [0.1, 0.15) is 0 Å². The fourth-order valence-corrected chi connectivity index (χ4v) is 2.54. The minimum absolute atomic E-state index is 0.336. The summed E-state index contributed by atoms with van der Waals surface area (Å²) in [6.07, 6.45) is 0. The van der Waals surface area contributed by atoms with E-state index in [4.69, 9.17) is 34.8 Å². The SMILES string of the molecule is Fc1cc(I)ccc1-c1cc(Cl)c(Cl)cc1Cl. The number of hydrogen-bond acceptors (Lipinski definition) is 0. The second kappa shape index (κ2) is 5.31. The molecule has 2 rings (SSSR count). The summed E-state index contributed by atoms with van der Waals surface area (Å²) in [5, 5.41) is 1.08. The highest BCUT2D eigenvalue weighted by Crippen LogP contribution is 2.36. The molecule has 0 saturated carbocycles. The van der Waals surface area contributed by atoms with Gasteiger partial charge in [0.05, 0.1) is 15.1 Å². The predicted octanol–water partition coefficient (Wildman–Crippen LogP) is 6.06. The second-order valence-corrected chi connectivity index (χ2v) is 5.84. The quantitative estimate of drug-likeness (QED) is 0.403. The van der Waals surface area contributed by atoms with Gasteiger partial charge in [0.15, 0.2) is 0 Å². The monoisotopic (exact) mass is 400 g/mol. The minimum Gasteiger partial charge on any atom is -0.206 e. The van der Waals surface area contributed by atoms with E-state index in [0.717, 1.165) is 3.57 Å². The van der Waals surface area contributed by atoms with Crippen LogP contribution >= 0.6 is 57.4 Å². The van der Waals surface area contributed by atoms with E-state index in [9.17, 15) is 4.39 Å². The molecule has 0 aliphatic rings. The maximum atomic E-state index is 13.8. The van der Waals surface area contributed by atoms with Gasteiger partial charge in [-0.1, -0.05) is 40.9 Å². The van der Waals surface area contributed by atoms with E-state index < -0.39 is 0 Å². The fourth-order valence-electron chi connectivity index (χ4n) is 1.44. The molecule has 88 valence electrons. The van der Waals surface area contributed by atoms with Gasteiger partial charge in [0, 0.05) is 14.7 Å². The van der Waals surface area contributed by atoms with Crippen LogP contribution in [0.4, 0.5) is 4.39 Å². The molecule has 0 bridgehead atoms. The summed E-state index contributed by atoms with van der Waals surface area (Å²) < 4.78 is 14.6. The van der Waals surface area contributed by atoms with Crippen molar-refractivity contribution < 1.29 is 4.39 Å². The zero-order valence-electron chi connectivity index (χ0n) is 8.28. The lowest BCUT2D eigenvalue weighted by molar-refractivity contribution is 0.630. The normalized spacial score (nSPS) is 10.6. The van der Waals surface area contributed by atoms with Crippen LogP contribution < -0.4 is 0 Å². The van der Waals surface area contributed by atoms with E-state index in [1.807, 2.05) is 22.6 Å². The Morgan fingerprint density at radius 3 is 2.12 bits per heavy atom. The third kappa shape index (κ3) is 2.87. The molecule has 0 spiro atoms. The van der Waals surface area contributed by atoms with Gasteiger partial charge in [-0.15, -0.1) is 0 Å². The Bertz CT molecular complexity index is 584. The minimum atomic E-state index is -0.336. The Morgan fingerprint density at radius 1 is 0.824 bits per heavy atom. The number of hydrogen-bond donors (Lipinski definition) is 0. The first-order valence-corrected chi connectivity index (χ1v) is 6.80. The Hall–Kier alpha value is -0.0300. The van der Waals surface area contributed by atoms with Crippen LogP contribution in [0.15, 0.2) is 30.3 Å². The van der Waals surface area contributed by atoms with Gasteiger partial charge < -0.3 is 0 Å². The molecule has 2 aromatic rings. The van der Waals surface area contributed by atoms with E-state index in [0.29, 0.717) is 26.2 Å². The lowest BCUT2D eigenvalue weighted by atomic mass is 10.1. The smallest absolute Gasteiger partial charge is 0.132 e. The molecule has 0 aromatic heterocycles. The van der Waals surface area contributed by atoms with Crippen LogP contribution in [0.3, 0.4) is 0 Å². The number of rotatable bonds is 1. The molecule has 0 aliphatic carbocycles. The summed E-state index contributed by atoms with van der Waals surface area (Å²) in [7, 11) is 0. The fraction of sp³-hybridized carbons (Fsp3) is 0. The molecule has 0 aliphatic heterocycles. The third-order valence-electron chi connectivity index (χ3n) is 2.23. The largest absolute Gasteiger partial charge is 0.206 e. The van der Waals surface area contributed by atoms with Crippen molar-refractivity contribution in [3.63, 3.8) is 0 Å². The molecule has 0 amide bonds. The topological polar surface area (TPSA) is 0 Å². The van der Waals surface area contributed by atoms with E-state index >= 15 is 0 Å². The van der Waals surface area contributed by atoms with Gasteiger partial charge in [-0.2, -0.15) is 0 Å². The Balaban J connectivity index is 2.64.